The molecule has 0 radical (unpaired) electrons. The minimum absolute atomic E-state index is 0.0862. The van der Waals surface area contributed by atoms with Crippen molar-refractivity contribution >= 4 is 0 Å². The van der Waals surface area contributed by atoms with Crippen molar-refractivity contribution in [1.82, 2.24) is 5.32 Å². The van der Waals surface area contributed by atoms with Crippen LogP contribution in [0.2, 0.25) is 0 Å². The van der Waals surface area contributed by atoms with Crippen LogP contribution in [0.3, 0.4) is 0 Å². The monoisotopic (exact) mass is 327 g/mol. The van der Waals surface area contributed by atoms with Gasteiger partial charge in [0.2, 0.25) is 0 Å². The predicted octanol–water partition coefficient (Wildman–Crippen LogP) is 4.82. The molecular weight excluding hydrogens is 286 g/mol. The molecule has 1 rings (SSSR count). The quantitative estimate of drug-likeness (QED) is 0.450. The smallest absolute Gasteiger partial charge is 0.0615 e. The zero-order valence-electron chi connectivity index (χ0n) is 15.7. The average Bonchev–Trinajstić information content (AvgIpc) is 2.59. The Morgan fingerprint density at radius 2 is 1.39 bits per heavy atom. The van der Waals surface area contributed by atoms with Crippen molar-refractivity contribution in [3.05, 3.63) is 0 Å². The Labute approximate surface area is 144 Å². The molecule has 138 valence electrons. The van der Waals surface area contributed by atoms with Crippen molar-refractivity contribution < 1.29 is 9.84 Å². The summed E-state index contributed by atoms with van der Waals surface area (Å²) in [5.41, 5.74) is -0.0862. The molecule has 0 spiro atoms. The van der Waals surface area contributed by atoms with E-state index in [0.29, 0.717) is 6.04 Å². The lowest BCUT2D eigenvalue weighted by Gasteiger charge is -2.40. The van der Waals surface area contributed by atoms with Gasteiger partial charge in [0.1, 0.15) is 0 Å². The highest BCUT2D eigenvalue weighted by Crippen LogP contribution is 2.23. The second-order valence-corrected chi connectivity index (χ2v) is 7.44. The normalized spacial score (nSPS) is 18.9. The van der Waals surface area contributed by atoms with E-state index in [4.69, 9.17) is 4.74 Å². The van der Waals surface area contributed by atoms with E-state index in [1.54, 1.807) is 0 Å². The van der Waals surface area contributed by atoms with Crippen LogP contribution in [-0.2, 0) is 4.74 Å². The highest BCUT2D eigenvalue weighted by atomic mass is 16.5. The maximum Gasteiger partial charge on any atom is 0.0615 e. The van der Waals surface area contributed by atoms with Gasteiger partial charge in [0.05, 0.1) is 6.61 Å². The summed E-state index contributed by atoms with van der Waals surface area (Å²) in [6.45, 7) is 6.36. The molecule has 1 unspecified atom stereocenters. The standard InChI is InChI=1S/C20H41NO2/c1-3-5-7-9-11-13-19(12-10-8-6-4-2)21-20(18-22)14-16-23-17-15-20/h19,21-22H,3-18H2,1-2H3. The molecule has 0 aromatic heterocycles. The number of nitrogens with one attached hydrogen (secondary N) is 1. The molecule has 3 heteroatoms. The lowest BCUT2D eigenvalue weighted by molar-refractivity contribution is 0.00527. The number of rotatable bonds is 14. The summed E-state index contributed by atoms with van der Waals surface area (Å²) in [7, 11) is 0. The van der Waals surface area contributed by atoms with Gasteiger partial charge in [-0.15, -0.1) is 0 Å². The second-order valence-electron chi connectivity index (χ2n) is 7.44. The molecule has 0 aromatic rings. The van der Waals surface area contributed by atoms with Gasteiger partial charge >= 0.3 is 0 Å². The first-order valence-corrected chi connectivity index (χ1v) is 10.2. The zero-order valence-corrected chi connectivity index (χ0v) is 15.7. The van der Waals surface area contributed by atoms with E-state index in [-0.39, 0.29) is 12.1 Å². The molecule has 0 aliphatic carbocycles. The third-order valence-corrected chi connectivity index (χ3v) is 5.33. The molecule has 1 fully saturated rings. The van der Waals surface area contributed by atoms with Gasteiger partial charge in [0, 0.05) is 24.8 Å². The minimum atomic E-state index is -0.0862. The molecule has 1 aliphatic rings. The summed E-state index contributed by atoms with van der Waals surface area (Å²) in [5.74, 6) is 0. The summed E-state index contributed by atoms with van der Waals surface area (Å²) in [6.07, 6.45) is 16.5. The van der Waals surface area contributed by atoms with Crippen molar-refractivity contribution in [3.63, 3.8) is 0 Å². The summed E-state index contributed by atoms with van der Waals surface area (Å²) >= 11 is 0. The van der Waals surface area contributed by atoms with Crippen molar-refractivity contribution in [2.75, 3.05) is 19.8 Å². The van der Waals surface area contributed by atoms with Crippen LogP contribution < -0.4 is 5.32 Å². The number of ether oxygens (including phenoxy) is 1. The van der Waals surface area contributed by atoms with E-state index in [1.807, 2.05) is 0 Å². The number of aliphatic hydroxyl groups is 1. The molecule has 1 aliphatic heterocycles. The van der Waals surface area contributed by atoms with Crippen LogP contribution in [-0.4, -0.2) is 36.5 Å². The summed E-state index contributed by atoms with van der Waals surface area (Å²) < 4.78 is 5.50. The summed E-state index contributed by atoms with van der Waals surface area (Å²) in [4.78, 5) is 0. The van der Waals surface area contributed by atoms with E-state index in [9.17, 15) is 5.11 Å². The van der Waals surface area contributed by atoms with Crippen LogP contribution in [0.5, 0.6) is 0 Å². The van der Waals surface area contributed by atoms with Gasteiger partial charge in [0.15, 0.2) is 0 Å². The summed E-state index contributed by atoms with van der Waals surface area (Å²) in [6, 6.07) is 0.568. The highest BCUT2D eigenvalue weighted by molar-refractivity contribution is 4.92. The van der Waals surface area contributed by atoms with Crippen LogP contribution >= 0.6 is 0 Å². The largest absolute Gasteiger partial charge is 0.394 e. The minimum Gasteiger partial charge on any atom is -0.394 e. The number of unbranched alkanes of at least 4 members (excludes halogenated alkanes) is 7. The van der Waals surface area contributed by atoms with Gasteiger partial charge in [-0.2, -0.15) is 0 Å². The first-order chi connectivity index (χ1) is 11.3. The van der Waals surface area contributed by atoms with Crippen LogP contribution in [0.1, 0.15) is 97.3 Å². The molecular formula is C20H41NO2. The molecule has 3 nitrogen and oxygen atoms in total. The van der Waals surface area contributed by atoms with Gasteiger partial charge in [-0.25, -0.2) is 0 Å². The first kappa shape index (κ1) is 20.9. The molecule has 1 saturated heterocycles. The second kappa shape index (κ2) is 13.2. The molecule has 23 heavy (non-hydrogen) atoms. The van der Waals surface area contributed by atoms with Crippen molar-refractivity contribution in [1.29, 1.82) is 0 Å². The Morgan fingerprint density at radius 1 is 0.870 bits per heavy atom. The van der Waals surface area contributed by atoms with E-state index < -0.39 is 0 Å². The maximum absolute atomic E-state index is 9.92. The molecule has 0 amide bonds. The van der Waals surface area contributed by atoms with Crippen molar-refractivity contribution in [2.24, 2.45) is 0 Å². The van der Waals surface area contributed by atoms with Gasteiger partial charge < -0.3 is 15.2 Å². The lowest BCUT2D eigenvalue weighted by Crippen LogP contribution is -2.56. The highest BCUT2D eigenvalue weighted by Gasteiger charge is 2.33. The van der Waals surface area contributed by atoms with E-state index in [2.05, 4.69) is 19.2 Å². The van der Waals surface area contributed by atoms with Crippen LogP contribution in [0, 0.1) is 0 Å². The fourth-order valence-corrected chi connectivity index (χ4v) is 3.64. The number of aliphatic hydroxyl groups excluding tert-OH is 1. The number of hydrogen-bond acceptors (Lipinski definition) is 3. The zero-order chi connectivity index (χ0) is 16.8. The SMILES string of the molecule is CCCCCCCC(CCCCCC)NC1(CO)CCOCC1. The molecule has 2 N–H and O–H groups in total. The molecule has 1 atom stereocenters. The van der Waals surface area contributed by atoms with Crippen LogP contribution in [0.15, 0.2) is 0 Å². The molecule has 0 saturated carbocycles. The third-order valence-electron chi connectivity index (χ3n) is 5.33. The van der Waals surface area contributed by atoms with Gasteiger partial charge in [0.25, 0.3) is 0 Å². The van der Waals surface area contributed by atoms with E-state index in [0.717, 1.165) is 26.1 Å². The van der Waals surface area contributed by atoms with Gasteiger partial charge in [-0.05, 0) is 25.7 Å². The Kier molecular flexibility index (Phi) is 12.0. The first-order valence-electron chi connectivity index (χ1n) is 10.2. The Morgan fingerprint density at radius 3 is 1.91 bits per heavy atom. The van der Waals surface area contributed by atoms with E-state index >= 15 is 0 Å². The Bertz CT molecular complexity index is 264. The topological polar surface area (TPSA) is 41.5 Å². The number of hydrogen-bond donors (Lipinski definition) is 2. The predicted molar refractivity (Wildman–Crippen MR) is 98.9 cm³/mol. The lowest BCUT2D eigenvalue weighted by atomic mass is 9.88. The Hall–Kier alpha value is -0.120. The molecule has 0 bridgehead atoms. The third kappa shape index (κ3) is 9.07. The fourth-order valence-electron chi connectivity index (χ4n) is 3.64. The Balaban J connectivity index is 2.40. The van der Waals surface area contributed by atoms with Gasteiger partial charge in [-0.3, -0.25) is 0 Å². The fraction of sp³-hybridized carbons (Fsp3) is 1.00. The summed E-state index contributed by atoms with van der Waals surface area (Å²) in [5, 5.41) is 13.8. The van der Waals surface area contributed by atoms with Crippen LogP contribution in [0.4, 0.5) is 0 Å². The maximum atomic E-state index is 9.92. The molecule has 0 aromatic carbocycles. The van der Waals surface area contributed by atoms with Gasteiger partial charge in [-0.1, -0.05) is 71.6 Å². The van der Waals surface area contributed by atoms with Crippen molar-refractivity contribution in [2.45, 2.75) is 109 Å². The average molecular weight is 328 g/mol. The van der Waals surface area contributed by atoms with E-state index in [1.165, 1.54) is 70.6 Å². The molecule has 1 heterocycles. The van der Waals surface area contributed by atoms with Crippen molar-refractivity contribution in [3.8, 4) is 0 Å². The van der Waals surface area contributed by atoms with Crippen LogP contribution in [0.25, 0.3) is 0 Å².